The third kappa shape index (κ3) is 4.36. The smallest absolute Gasteiger partial charge is 0.240 e. The number of anilines is 1. The molecule has 0 saturated heterocycles. The van der Waals surface area contributed by atoms with Gasteiger partial charge < -0.3 is 15.2 Å². The van der Waals surface area contributed by atoms with Gasteiger partial charge in [0.05, 0.1) is 28.1 Å². The largest absolute Gasteiger partial charge is 0.504 e. The summed E-state index contributed by atoms with van der Waals surface area (Å²) in [6.45, 7) is 2.53. The summed E-state index contributed by atoms with van der Waals surface area (Å²) in [5, 5.41) is 26.4. The number of halogens is 1. The molecule has 0 fully saturated rings. The lowest BCUT2D eigenvalue weighted by Gasteiger charge is -2.10. The molecule has 28 heavy (non-hydrogen) atoms. The number of aromatic hydroxyl groups is 1. The quantitative estimate of drug-likeness (QED) is 0.219. The summed E-state index contributed by atoms with van der Waals surface area (Å²) >= 11 is 6.87. The maximum Gasteiger partial charge on any atom is 0.240 e. The number of nitrogens with two attached hydrogens (primary N) is 1. The van der Waals surface area contributed by atoms with Gasteiger partial charge >= 0.3 is 0 Å². The molecule has 3 aromatic rings. The molecule has 0 bridgehead atoms. The maximum atomic E-state index is 11.7. The van der Waals surface area contributed by atoms with Crippen LogP contribution in [0.5, 0.6) is 5.75 Å². The molecule has 3 rings (SSSR count). The van der Waals surface area contributed by atoms with Crippen LogP contribution in [0.4, 0.5) is 17.1 Å². The highest BCUT2D eigenvalue weighted by atomic mass is 35.5. The number of hydrogen-bond acceptors (Lipinski definition) is 10. The van der Waals surface area contributed by atoms with Gasteiger partial charge in [0.25, 0.3) is 0 Å². The Balaban J connectivity index is 1.95. The number of phenols is 1. The summed E-state index contributed by atoms with van der Waals surface area (Å²) in [4.78, 5) is -0.134. The molecule has 0 atom stereocenters. The first kappa shape index (κ1) is 20.4. The van der Waals surface area contributed by atoms with E-state index in [1.807, 2.05) is 6.92 Å². The first-order valence-corrected chi connectivity index (χ1v) is 10.5. The van der Waals surface area contributed by atoms with Crippen molar-refractivity contribution in [3.63, 3.8) is 0 Å². The van der Waals surface area contributed by atoms with E-state index in [1.165, 1.54) is 18.2 Å². The third-order valence-corrected chi connectivity index (χ3v) is 5.31. The maximum absolute atomic E-state index is 11.7. The number of fused-ring (bicyclic) bond motifs is 1. The lowest BCUT2D eigenvalue weighted by atomic mass is 10.2. The molecule has 4 N–H and O–H groups in total. The van der Waals surface area contributed by atoms with Crippen LogP contribution in [-0.4, -0.2) is 35.6 Å². The predicted octanol–water partition coefficient (Wildman–Crippen LogP) is 3.52. The Bertz CT molecular complexity index is 1150. The van der Waals surface area contributed by atoms with Crippen molar-refractivity contribution in [3.8, 4) is 5.75 Å². The lowest BCUT2D eigenvalue weighted by molar-refractivity contribution is 0.166. The van der Waals surface area contributed by atoms with Gasteiger partial charge in [-0.2, -0.15) is 13.9 Å². The molecule has 0 aliphatic carbocycles. The molecule has 10 nitrogen and oxygen atoms in total. The number of rotatable bonds is 7. The third-order valence-electron chi connectivity index (χ3n) is 3.55. The van der Waals surface area contributed by atoms with E-state index in [2.05, 4.69) is 24.3 Å². The van der Waals surface area contributed by atoms with Crippen molar-refractivity contribution in [1.82, 2.24) is 8.75 Å². The monoisotopic (exact) mass is 442 g/mol. The fraction of sp³-hybridized carbons (Fsp3) is 0.200. The van der Waals surface area contributed by atoms with E-state index in [1.54, 1.807) is 6.07 Å². The molecule has 13 heteroatoms. The zero-order chi connectivity index (χ0) is 20.3. The van der Waals surface area contributed by atoms with Crippen LogP contribution in [0.2, 0.25) is 5.02 Å². The number of phenolic OH excluding ortho intramolecular Hbond substituents is 1. The van der Waals surface area contributed by atoms with E-state index in [9.17, 15) is 13.5 Å². The number of hydrogen-bond donors (Lipinski definition) is 3. The van der Waals surface area contributed by atoms with Gasteiger partial charge in [-0.15, -0.1) is 5.11 Å². The van der Waals surface area contributed by atoms with Crippen LogP contribution >= 0.6 is 23.3 Å². The molecular formula is C15H15ClN6O4S2. The molecular weight excluding hydrogens is 428 g/mol. The number of azo groups is 1. The van der Waals surface area contributed by atoms with Crippen LogP contribution < -0.4 is 10.5 Å². The van der Waals surface area contributed by atoms with Crippen molar-refractivity contribution in [2.75, 3.05) is 18.7 Å². The molecule has 2 aromatic carbocycles. The molecule has 0 spiro atoms. The zero-order valence-corrected chi connectivity index (χ0v) is 16.8. The minimum atomic E-state index is -3.94. The Kier molecular flexibility index (Phi) is 6.05. The number of sulfonamides is 1. The summed E-state index contributed by atoms with van der Waals surface area (Å²) in [6.07, 6.45) is 0. The average Bonchev–Trinajstić information content (AvgIpc) is 3.12. The van der Waals surface area contributed by atoms with Crippen molar-refractivity contribution in [2.24, 2.45) is 15.4 Å². The predicted molar refractivity (Wildman–Crippen MR) is 106 cm³/mol. The molecule has 0 radical (unpaired) electrons. The number of nitrogens with one attached hydrogen (secondary N) is 1. The van der Waals surface area contributed by atoms with E-state index < -0.39 is 10.0 Å². The van der Waals surface area contributed by atoms with E-state index in [-0.39, 0.29) is 33.4 Å². The summed E-state index contributed by atoms with van der Waals surface area (Å²) < 4.78 is 36.5. The number of primary sulfonamides is 1. The summed E-state index contributed by atoms with van der Waals surface area (Å²) in [5.74, 6) is -0.135. The normalized spacial score (nSPS) is 12.1. The Morgan fingerprint density at radius 1 is 1.29 bits per heavy atom. The van der Waals surface area contributed by atoms with E-state index in [4.69, 9.17) is 21.5 Å². The van der Waals surface area contributed by atoms with Gasteiger partial charge in [0, 0.05) is 6.61 Å². The number of nitrogens with zero attached hydrogens (tertiary/aromatic N) is 4. The topological polar surface area (TPSA) is 152 Å². The lowest BCUT2D eigenvalue weighted by Crippen LogP contribution is -2.12. The first-order valence-electron chi connectivity index (χ1n) is 7.85. The van der Waals surface area contributed by atoms with Crippen LogP contribution in [0.25, 0.3) is 11.0 Å². The van der Waals surface area contributed by atoms with Crippen LogP contribution in [-0.2, 0) is 14.8 Å². The van der Waals surface area contributed by atoms with E-state index in [0.29, 0.717) is 23.7 Å². The summed E-state index contributed by atoms with van der Waals surface area (Å²) in [7, 11) is -3.94. The average molecular weight is 443 g/mol. The molecule has 0 aliphatic rings. The highest BCUT2D eigenvalue weighted by Gasteiger charge is 2.18. The van der Waals surface area contributed by atoms with Crippen molar-refractivity contribution in [3.05, 3.63) is 29.3 Å². The fourth-order valence-electron chi connectivity index (χ4n) is 2.26. The highest BCUT2D eigenvalue weighted by Crippen LogP contribution is 2.37. The number of ether oxygens (including phenoxy) is 1. The first-order chi connectivity index (χ1) is 13.3. The summed E-state index contributed by atoms with van der Waals surface area (Å²) in [6, 6.07) is 5.70. The van der Waals surface area contributed by atoms with Gasteiger partial charge in [-0.25, -0.2) is 13.6 Å². The van der Waals surface area contributed by atoms with Crippen molar-refractivity contribution in [2.45, 2.75) is 11.8 Å². The van der Waals surface area contributed by atoms with Crippen molar-refractivity contribution < 1.29 is 18.3 Å². The van der Waals surface area contributed by atoms with Gasteiger partial charge in [0.2, 0.25) is 10.0 Å². The SMILES string of the molecule is CCOCNc1cc(N=Nc2ccc(S(N)(=O)=O)c3nsnc23)cc(Cl)c1O. The minimum absolute atomic E-state index is 0.0838. The van der Waals surface area contributed by atoms with Gasteiger partial charge in [-0.3, -0.25) is 0 Å². The molecule has 0 saturated carbocycles. The number of aromatic nitrogens is 2. The van der Waals surface area contributed by atoms with Crippen molar-refractivity contribution >= 4 is 61.4 Å². The Labute approximate surface area is 169 Å². The summed E-state index contributed by atoms with van der Waals surface area (Å²) in [5.41, 5.74) is 1.39. The van der Waals surface area contributed by atoms with Gasteiger partial charge in [0.15, 0.2) is 5.75 Å². The number of benzene rings is 2. The molecule has 0 amide bonds. The highest BCUT2D eigenvalue weighted by molar-refractivity contribution is 7.89. The Morgan fingerprint density at radius 2 is 2.04 bits per heavy atom. The van der Waals surface area contributed by atoms with Crippen LogP contribution in [0.15, 0.2) is 39.4 Å². The molecule has 0 aliphatic heterocycles. The van der Waals surface area contributed by atoms with Crippen molar-refractivity contribution in [1.29, 1.82) is 0 Å². The standard InChI is InChI=1S/C15H15ClN6O4S2/c1-2-26-7-18-11-6-8(5-9(16)15(11)23)19-20-10-3-4-12(28(17,24)25)14-13(10)21-27-22-14/h3-6,18,23H,2,7H2,1H3,(H2,17,24,25). The second-order valence-electron chi connectivity index (χ2n) is 5.43. The molecule has 1 heterocycles. The molecule has 1 aromatic heterocycles. The van der Waals surface area contributed by atoms with E-state index >= 15 is 0 Å². The minimum Gasteiger partial charge on any atom is -0.504 e. The van der Waals surface area contributed by atoms with Crippen LogP contribution in [0.3, 0.4) is 0 Å². The fourth-order valence-corrected chi connectivity index (χ4v) is 3.77. The van der Waals surface area contributed by atoms with E-state index in [0.717, 1.165) is 11.7 Å². The zero-order valence-electron chi connectivity index (χ0n) is 14.5. The van der Waals surface area contributed by atoms with Gasteiger partial charge in [0.1, 0.15) is 28.3 Å². The van der Waals surface area contributed by atoms with Crippen LogP contribution in [0, 0.1) is 0 Å². The van der Waals surface area contributed by atoms with Gasteiger partial charge in [-0.1, -0.05) is 11.6 Å². The Hall–Kier alpha value is -2.38. The van der Waals surface area contributed by atoms with Crippen LogP contribution in [0.1, 0.15) is 6.92 Å². The Morgan fingerprint density at radius 3 is 2.75 bits per heavy atom. The second kappa shape index (κ2) is 8.32. The second-order valence-corrected chi connectivity index (χ2v) is 7.89. The van der Waals surface area contributed by atoms with Gasteiger partial charge in [-0.05, 0) is 31.2 Å². The molecule has 0 unspecified atom stereocenters. The molecule has 148 valence electrons.